The van der Waals surface area contributed by atoms with Crippen LogP contribution < -0.4 is 4.90 Å². The van der Waals surface area contributed by atoms with Gasteiger partial charge in [-0.3, -0.25) is 9.59 Å². The number of nitrogens with zero attached hydrogens (tertiary/aromatic N) is 1. The topological polar surface area (TPSA) is 72.9 Å². The van der Waals surface area contributed by atoms with E-state index in [2.05, 4.69) is 4.74 Å². The summed E-state index contributed by atoms with van der Waals surface area (Å²) in [6, 6.07) is 6.25. The average Bonchev–Trinajstić information content (AvgIpc) is 3.21. The molecule has 3 aliphatic heterocycles. The molecule has 0 aliphatic carbocycles. The van der Waals surface area contributed by atoms with Gasteiger partial charge in [-0.25, -0.2) is 9.69 Å². The Labute approximate surface area is 126 Å². The lowest BCUT2D eigenvalue weighted by Gasteiger charge is -2.17. The molecule has 6 heteroatoms. The summed E-state index contributed by atoms with van der Waals surface area (Å²) in [5.41, 5.74) is 0.840. The van der Waals surface area contributed by atoms with Crippen molar-refractivity contribution in [2.24, 2.45) is 11.8 Å². The molecular weight excluding hydrogens is 286 g/mol. The molecular formula is C16H13NO5. The van der Waals surface area contributed by atoms with Gasteiger partial charge in [0, 0.05) is 0 Å². The van der Waals surface area contributed by atoms with E-state index in [-0.39, 0.29) is 24.0 Å². The van der Waals surface area contributed by atoms with E-state index in [0.717, 1.165) is 0 Å². The van der Waals surface area contributed by atoms with Gasteiger partial charge in [-0.05, 0) is 24.3 Å². The molecule has 2 bridgehead atoms. The second kappa shape index (κ2) is 4.51. The van der Waals surface area contributed by atoms with Gasteiger partial charge in [0.2, 0.25) is 11.8 Å². The number of hydrogen-bond acceptors (Lipinski definition) is 5. The largest absolute Gasteiger partial charge is 0.465 e. The van der Waals surface area contributed by atoms with Gasteiger partial charge in [0.05, 0.1) is 42.4 Å². The lowest BCUT2D eigenvalue weighted by molar-refractivity contribution is -0.124. The van der Waals surface area contributed by atoms with Crippen LogP contribution in [0.1, 0.15) is 10.4 Å². The fourth-order valence-corrected chi connectivity index (χ4v) is 3.42. The third-order valence-corrected chi connectivity index (χ3v) is 4.46. The highest BCUT2D eigenvalue weighted by Crippen LogP contribution is 2.46. The predicted molar refractivity (Wildman–Crippen MR) is 75.1 cm³/mol. The van der Waals surface area contributed by atoms with Crippen molar-refractivity contribution in [3.8, 4) is 0 Å². The highest BCUT2D eigenvalue weighted by atomic mass is 16.5. The Morgan fingerprint density at radius 3 is 2.09 bits per heavy atom. The molecule has 0 N–H and O–H groups in total. The molecule has 0 radical (unpaired) electrons. The zero-order valence-corrected chi connectivity index (χ0v) is 11.8. The number of anilines is 1. The van der Waals surface area contributed by atoms with Crippen LogP contribution in [-0.4, -0.2) is 37.1 Å². The second-order valence-electron chi connectivity index (χ2n) is 5.55. The van der Waals surface area contributed by atoms with E-state index < -0.39 is 17.8 Å². The van der Waals surface area contributed by atoms with E-state index in [1.165, 1.54) is 12.0 Å². The fourth-order valence-electron chi connectivity index (χ4n) is 3.42. The van der Waals surface area contributed by atoms with Gasteiger partial charge in [-0.15, -0.1) is 0 Å². The first-order valence-corrected chi connectivity index (χ1v) is 7.02. The van der Waals surface area contributed by atoms with Crippen LogP contribution >= 0.6 is 0 Å². The number of fused-ring (bicyclic) bond motifs is 5. The second-order valence-corrected chi connectivity index (χ2v) is 5.55. The first-order valence-electron chi connectivity index (χ1n) is 7.02. The van der Waals surface area contributed by atoms with Gasteiger partial charge < -0.3 is 9.47 Å². The first-order chi connectivity index (χ1) is 10.6. The Morgan fingerprint density at radius 1 is 1.05 bits per heavy atom. The summed E-state index contributed by atoms with van der Waals surface area (Å²) in [5.74, 6) is -1.79. The minimum absolute atomic E-state index is 0.238. The molecule has 6 nitrogen and oxygen atoms in total. The average molecular weight is 299 g/mol. The zero-order valence-electron chi connectivity index (χ0n) is 11.8. The highest BCUT2D eigenvalue weighted by molar-refractivity contribution is 6.23. The molecule has 2 amide bonds. The number of amides is 2. The van der Waals surface area contributed by atoms with Crippen LogP contribution in [0, 0.1) is 11.8 Å². The molecule has 22 heavy (non-hydrogen) atoms. The van der Waals surface area contributed by atoms with E-state index in [9.17, 15) is 14.4 Å². The number of ether oxygens (including phenoxy) is 2. The van der Waals surface area contributed by atoms with Crippen LogP contribution in [0.3, 0.4) is 0 Å². The third kappa shape index (κ3) is 1.61. The van der Waals surface area contributed by atoms with Gasteiger partial charge in [-0.1, -0.05) is 12.2 Å². The molecule has 4 rings (SSSR count). The maximum absolute atomic E-state index is 12.6. The molecule has 112 valence electrons. The maximum Gasteiger partial charge on any atom is 0.337 e. The summed E-state index contributed by atoms with van der Waals surface area (Å²) in [6.07, 6.45) is 3.10. The summed E-state index contributed by atoms with van der Waals surface area (Å²) in [5, 5.41) is 0. The van der Waals surface area contributed by atoms with E-state index in [1.54, 1.807) is 24.3 Å². The summed E-state index contributed by atoms with van der Waals surface area (Å²) in [6.45, 7) is 0. The Kier molecular flexibility index (Phi) is 2.71. The lowest BCUT2D eigenvalue weighted by Crippen LogP contribution is -2.34. The predicted octanol–water partition coefficient (Wildman–Crippen LogP) is 0.916. The Morgan fingerprint density at radius 2 is 1.59 bits per heavy atom. The van der Waals surface area contributed by atoms with Crippen molar-refractivity contribution in [3.05, 3.63) is 42.0 Å². The first kappa shape index (κ1) is 13.2. The van der Waals surface area contributed by atoms with Crippen LogP contribution in [0.5, 0.6) is 0 Å². The molecule has 3 heterocycles. The number of hydrogen-bond donors (Lipinski definition) is 0. The van der Waals surface area contributed by atoms with Gasteiger partial charge in [0.25, 0.3) is 0 Å². The monoisotopic (exact) mass is 299 g/mol. The maximum atomic E-state index is 12.6. The van der Waals surface area contributed by atoms with Crippen LogP contribution in [0.2, 0.25) is 0 Å². The third-order valence-electron chi connectivity index (χ3n) is 4.46. The fraction of sp³-hybridized carbons (Fsp3) is 0.312. The van der Waals surface area contributed by atoms with Gasteiger partial charge in [0.1, 0.15) is 0 Å². The minimum Gasteiger partial charge on any atom is -0.465 e. The molecule has 0 unspecified atom stereocenters. The van der Waals surface area contributed by atoms with Crippen molar-refractivity contribution < 1.29 is 23.9 Å². The van der Waals surface area contributed by atoms with Crippen LogP contribution in [0.4, 0.5) is 5.69 Å². The van der Waals surface area contributed by atoms with Crippen molar-refractivity contribution in [3.63, 3.8) is 0 Å². The standard InChI is InChI=1S/C16H13NO5/c1-21-16(20)8-2-4-9(5-3-8)17-14(18)12-10-6-7-11(22-10)13(12)15(17)19/h2-7,10-13H,1H3/t10-,11-,12-,13+/m1/s1. The van der Waals surface area contributed by atoms with Crippen molar-refractivity contribution in [2.75, 3.05) is 12.0 Å². The number of esters is 1. The number of carbonyl (C=O) groups is 3. The normalized spacial score (nSPS) is 31.8. The van der Waals surface area contributed by atoms with Crippen molar-refractivity contribution in [1.82, 2.24) is 0 Å². The number of imide groups is 1. The number of methoxy groups -OCH3 is 1. The number of rotatable bonds is 2. The van der Waals surface area contributed by atoms with Crippen LogP contribution in [0.15, 0.2) is 36.4 Å². The summed E-state index contributed by atoms with van der Waals surface area (Å²) in [7, 11) is 1.30. The summed E-state index contributed by atoms with van der Waals surface area (Å²) < 4.78 is 10.2. The molecule has 4 atom stereocenters. The van der Waals surface area contributed by atoms with Crippen LogP contribution in [-0.2, 0) is 19.1 Å². The van der Waals surface area contributed by atoms with E-state index in [1.807, 2.05) is 12.2 Å². The van der Waals surface area contributed by atoms with E-state index in [0.29, 0.717) is 11.3 Å². The van der Waals surface area contributed by atoms with Gasteiger partial charge in [0.15, 0.2) is 0 Å². The highest BCUT2D eigenvalue weighted by Gasteiger charge is 2.60. The smallest absolute Gasteiger partial charge is 0.337 e. The van der Waals surface area contributed by atoms with Crippen molar-refractivity contribution >= 4 is 23.5 Å². The molecule has 0 saturated carbocycles. The summed E-state index contributed by atoms with van der Waals surface area (Å²) >= 11 is 0. The van der Waals surface area contributed by atoms with Gasteiger partial charge >= 0.3 is 5.97 Å². The zero-order chi connectivity index (χ0) is 15.4. The molecule has 1 aromatic rings. The Hall–Kier alpha value is -2.47. The Bertz CT molecular complexity index is 678. The van der Waals surface area contributed by atoms with Gasteiger partial charge in [-0.2, -0.15) is 0 Å². The molecule has 3 aliphatic rings. The Balaban J connectivity index is 1.65. The lowest BCUT2D eigenvalue weighted by atomic mass is 9.85. The molecule has 2 fully saturated rings. The van der Waals surface area contributed by atoms with Crippen molar-refractivity contribution in [1.29, 1.82) is 0 Å². The minimum atomic E-state index is -0.460. The number of benzene rings is 1. The van der Waals surface area contributed by atoms with E-state index in [4.69, 9.17) is 4.74 Å². The quantitative estimate of drug-likeness (QED) is 0.461. The molecule has 1 aromatic carbocycles. The van der Waals surface area contributed by atoms with Crippen molar-refractivity contribution in [2.45, 2.75) is 12.2 Å². The molecule has 0 aromatic heterocycles. The molecule has 2 saturated heterocycles. The van der Waals surface area contributed by atoms with Crippen LogP contribution in [0.25, 0.3) is 0 Å². The number of carbonyl (C=O) groups excluding carboxylic acids is 3. The summed E-state index contributed by atoms with van der Waals surface area (Å²) in [4.78, 5) is 37.8. The van der Waals surface area contributed by atoms with E-state index >= 15 is 0 Å². The SMILES string of the molecule is COC(=O)c1ccc(N2C(=O)[C@@H]3[C@H](C2=O)[C@H]2C=C[C@H]3O2)cc1. The molecule has 0 spiro atoms.